The summed E-state index contributed by atoms with van der Waals surface area (Å²) in [5, 5.41) is 0. The standard InChI is InChI=1S/C23H19F3N2O4/c1-28-13-18-17-11-15(27)5-7-20(17)31-19-8-6-16(32-23(24,25)26)10-14(19)4-2-3-9-30-21(18)12-22(28)29/h2,4-8,10-13H,3,9,27H2,1H3/b4-2+. The molecule has 0 saturated carbocycles. The minimum absolute atomic E-state index is 0.236. The minimum Gasteiger partial charge on any atom is -0.492 e. The third-order valence-corrected chi connectivity index (χ3v) is 4.76. The molecule has 0 amide bonds. The summed E-state index contributed by atoms with van der Waals surface area (Å²) in [4.78, 5) is 12.2. The Kier molecular flexibility index (Phi) is 5.56. The molecule has 0 unspecified atom stereocenters. The van der Waals surface area contributed by atoms with Crippen LogP contribution in [0.15, 0.2) is 59.5 Å². The SMILES string of the molecule is Cn1cc2c(cc1=O)OCC/C=C/c1cc(OC(F)(F)F)ccc1Oc1ccc(N)cc1-2. The van der Waals surface area contributed by atoms with Gasteiger partial charge < -0.3 is 24.5 Å². The van der Waals surface area contributed by atoms with Gasteiger partial charge >= 0.3 is 6.36 Å². The molecule has 4 rings (SSSR count). The van der Waals surface area contributed by atoms with Crippen molar-refractivity contribution in [1.29, 1.82) is 0 Å². The average Bonchev–Trinajstić information content (AvgIpc) is 2.71. The summed E-state index contributed by atoms with van der Waals surface area (Å²) in [6, 6.07) is 10.2. The van der Waals surface area contributed by atoms with E-state index in [0.717, 1.165) is 0 Å². The number of hydrogen-bond donors (Lipinski definition) is 1. The van der Waals surface area contributed by atoms with E-state index in [1.807, 2.05) is 0 Å². The molecular formula is C23H19F3N2O4. The van der Waals surface area contributed by atoms with Crippen molar-refractivity contribution in [1.82, 2.24) is 4.57 Å². The van der Waals surface area contributed by atoms with Crippen molar-refractivity contribution in [2.45, 2.75) is 12.8 Å². The molecule has 1 aliphatic heterocycles. The number of pyridine rings is 1. The highest BCUT2D eigenvalue weighted by Gasteiger charge is 2.31. The zero-order chi connectivity index (χ0) is 22.9. The number of rotatable bonds is 1. The summed E-state index contributed by atoms with van der Waals surface area (Å²) in [7, 11) is 1.62. The van der Waals surface area contributed by atoms with E-state index in [2.05, 4.69) is 4.74 Å². The highest BCUT2D eigenvalue weighted by atomic mass is 19.4. The van der Waals surface area contributed by atoms with E-state index in [4.69, 9.17) is 15.2 Å². The lowest BCUT2D eigenvalue weighted by atomic mass is 10.0. The number of anilines is 1. The predicted molar refractivity (Wildman–Crippen MR) is 114 cm³/mol. The molecule has 2 heterocycles. The summed E-state index contributed by atoms with van der Waals surface area (Å²) in [5.41, 5.74) is 7.79. The van der Waals surface area contributed by atoms with E-state index >= 15 is 0 Å². The minimum atomic E-state index is -4.80. The zero-order valence-corrected chi connectivity index (χ0v) is 17.0. The summed E-state index contributed by atoms with van der Waals surface area (Å²) >= 11 is 0. The van der Waals surface area contributed by atoms with Crippen molar-refractivity contribution in [3.8, 4) is 34.1 Å². The first-order valence-electron chi connectivity index (χ1n) is 9.67. The van der Waals surface area contributed by atoms with Crippen molar-refractivity contribution in [3.63, 3.8) is 0 Å². The molecule has 3 aromatic rings. The number of nitrogens with zero attached hydrogens (tertiary/aromatic N) is 1. The maximum atomic E-state index is 12.6. The van der Waals surface area contributed by atoms with Gasteiger partial charge in [0.2, 0.25) is 0 Å². The van der Waals surface area contributed by atoms with Crippen LogP contribution in [-0.4, -0.2) is 17.5 Å². The zero-order valence-electron chi connectivity index (χ0n) is 17.0. The van der Waals surface area contributed by atoms with Gasteiger partial charge in [-0.25, -0.2) is 0 Å². The average molecular weight is 444 g/mol. The normalized spacial score (nSPS) is 14.4. The Hall–Kier alpha value is -3.88. The Labute approximate surface area is 181 Å². The molecule has 0 fully saturated rings. The molecule has 2 N–H and O–H groups in total. The van der Waals surface area contributed by atoms with Crippen LogP contribution in [0.5, 0.6) is 23.0 Å². The van der Waals surface area contributed by atoms with E-state index in [1.165, 1.54) is 28.8 Å². The molecule has 1 aliphatic rings. The van der Waals surface area contributed by atoms with Crippen LogP contribution in [0, 0.1) is 0 Å². The van der Waals surface area contributed by atoms with E-state index in [9.17, 15) is 18.0 Å². The summed E-state index contributed by atoms with van der Waals surface area (Å²) in [6.07, 6.45) is 0.642. The van der Waals surface area contributed by atoms with Crippen LogP contribution in [0.1, 0.15) is 12.0 Å². The van der Waals surface area contributed by atoms with Gasteiger partial charge in [-0.3, -0.25) is 4.79 Å². The van der Waals surface area contributed by atoms with E-state index in [0.29, 0.717) is 46.0 Å². The molecule has 1 aromatic heterocycles. The van der Waals surface area contributed by atoms with Crippen LogP contribution in [0.25, 0.3) is 17.2 Å². The summed E-state index contributed by atoms with van der Waals surface area (Å²) in [5.74, 6) is 0.745. The highest BCUT2D eigenvalue weighted by molar-refractivity contribution is 5.78. The van der Waals surface area contributed by atoms with Gasteiger partial charge in [-0.2, -0.15) is 0 Å². The monoisotopic (exact) mass is 444 g/mol. The lowest BCUT2D eigenvalue weighted by Crippen LogP contribution is -2.17. The fraction of sp³-hybridized carbons (Fsp3) is 0.174. The molecule has 0 aliphatic carbocycles. The Bertz CT molecular complexity index is 1250. The number of hydrogen-bond acceptors (Lipinski definition) is 5. The molecule has 9 heteroatoms. The molecule has 6 nitrogen and oxygen atoms in total. The first-order chi connectivity index (χ1) is 15.2. The summed E-state index contributed by atoms with van der Waals surface area (Å²) < 4.78 is 55.3. The molecule has 0 spiro atoms. The Morgan fingerprint density at radius 3 is 2.59 bits per heavy atom. The maximum Gasteiger partial charge on any atom is 0.573 e. The molecule has 0 saturated heterocycles. The van der Waals surface area contributed by atoms with E-state index in [-0.39, 0.29) is 17.9 Å². The number of aromatic nitrogens is 1. The fourth-order valence-corrected chi connectivity index (χ4v) is 3.29. The first kappa shape index (κ1) is 21.4. The number of ether oxygens (including phenoxy) is 3. The Morgan fingerprint density at radius 1 is 1.03 bits per heavy atom. The topological polar surface area (TPSA) is 75.7 Å². The van der Waals surface area contributed by atoms with Crippen molar-refractivity contribution < 1.29 is 27.4 Å². The van der Waals surface area contributed by atoms with Crippen molar-refractivity contribution in [2.24, 2.45) is 7.05 Å². The predicted octanol–water partition coefficient (Wildman–Crippen LogP) is 5.12. The molecular weight excluding hydrogens is 425 g/mol. The smallest absolute Gasteiger partial charge is 0.492 e. The Balaban J connectivity index is 1.86. The van der Waals surface area contributed by atoms with Gasteiger partial charge in [-0.05, 0) is 42.8 Å². The molecule has 2 aromatic carbocycles. The highest BCUT2D eigenvalue weighted by Crippen LogP contribution is 2.41. The first-order valence-corrected chi connectivity index (χ1v) is 9.67. The third kappa shape index (κ3) is 4.72. The number of nitrogens with two attached hydrogens (primary N) is 1. The van der Waals surface area contributed by atoms with Crippen LogP contribution >= 0.6 is 0 Å². The van der Waals surface area contributed by atoms with Crippen molar-refractivity contribution >= 4 is 11.8 Å². The number of fused-ring (bicyclic) bond motifs is 4. The lowest BCUT2D eigenvalue weighted by molar-refractivity contribution is -0.274. The second kappa shape index (κ2) is 8.33. The number of benzene rings is 2. The quantitative estimate of drug-likeness (QED) is 0.527. The lowest BCUT2D eigenvalue weighted by Gasteiger charge is -2.18. The van der Waals surface area contributed by atoms with Crippen LogP contribution in [0.2, 0.25) is 0 Å². The maximum absolute atomic E-state index is 12.6. The molecule has 0 radical (unpaired) electrons. The van der Waals surface area contributed by atoms with Crippen LogP contribution in [-0.2, 0) is 7.05 Å². The fourth-order valence-electron chi connectivity index (χ4n) is 3.29. The van der Waals surface area contributed by atoms with Crippen LogP contribution in [0.4, 0.5) is 18.9 Å². The summed E-state index contributed by atoms with van der Waals surface area (Å²) in [6.45, 7) is 0.253. The molecule has 32 heavy (non-hydrogen) atoms. The van der Waals surface area contributed by atoms with Crippen LogP contribution < -0.4 is 25.5 Å². The van der Waals surface area contributed by atoms with E-state index < -0.39 is 6.36 Å². The Morgan fingerprint density at radius 2 is 1.81 bits per heavy atom. The number of aryl methyl sites for hydroxylation is 1. The molecule has 0 bridgehead atoms. The van der Waals surface area contributed by atoms with E-state index in [1.54, 1.807) is 43.6 Å². The van der Waals surface area contributed by atoms with Gasteiger partial charge in [0.15, 0.2) is 0 Å². The number of nitrogen functional groups attached to an aromatic ring is 1. The molecule has 166 valence electrons. The van der Waals surface area contributed by atoms with Gasteiger partial charge in [0, 0.05) is 41.7 Å². The van der Waals surface area contributed by atoms with Gasteiger partial charge in [0.05, 0.1) is 6.61 Å². The molecule has 0 atom stereocenters. The van der Waals surface area contributed by atoms with Crippen LogP contribution in [0.3, 0.4) is 0 Å². The van der Waals surface area contributed by atoms with Gasteiger partial charge in [0.25, 0.3) is 5.56 Å². The van der Waals surface area contributed by atoms with Crippen molar-refractivity contribution in [2.75, 3.05) is 12.3 Å². The second-order valence-corrected chi connectivity index (χ2v) is 7.15. The third-order valence-electron chi connectivity index (χ3n) is 4.76. The number of halogens is 3. The number of alkyl halides is 3. The van der Waals surface area contributed by atoms with Crippen molar-refractivity contribution in [3.05, 3.63) is 70.7 Å². The largest absolute Gasteiger partial charge is 0.573 e. The van der Waals surface area contributed by atoms with Gasteiger partial charge in [-0.1, -0.05) is 12.2 Å². The van der Waals surface area contributed by atoms with Gasteiger partial charge in [0.1, 0.15) is 23.0 Å². The van der Waals surface area contributed by atoms with Gasteiger partial charge in [-0.15, -0.1) is 13.2 Å². The second-order valence-electron chi connectivity index (χ2n) is 7.15.